The maximum absolute atomic E-state index is 4.00. The Balaban J connectivity index is -0.0000000787. The summed E-state index contributed by atoms with van der Waals surface area (Å²) in [4.78, 5) is 7.13. The van der Waals surface area contributed by atoms with E-state index in [0.29, 0.717) is 0 Å². The molecule has 0 aromatic rings. The molecule has 0 spiro atoms. The summed E-state index contributed by atoms with van der Waals surface area (Å²) < 4.78 is 0. The van der Waals surface area contributed by atoms with Gasteiger partial charge >= 0.3 is 34.6 Å². The molecule has 0 aromatic carbocycles. The van der Waals surface area contributed by atoms with Crippen LogP contribution in [0.3, 0.4) is 0 Å². The van der Waals surface area contributed by atoms with Crippen LogP contribution in [0.15, 0.2) is 0 Å². The van der Waals surface area contributed by atoms with Crippen LogP contribution in [0.1, 0.15) is 0 Å². The number of terminal acetylenes is 1. The predicted molar refractivity (Wildman–Crippen MR) is 59.4 cm³/mol. The molecule has 0 bridgehead atoms. The molecule has 10 heavy (non-hydrogen) atoms. The van der Waals surface area contributed by atoms with Crippen molar-refractivity contribution in [3.63, 3.8) is 0 Å². The van der Waals surface area contributed by atoms with Crippen LogP contribution in [0.5, 0.6) is 0 Å². The van der Waals surface area contributed by atoms with E-state index in [4.69, 9.17) is 0 Å². The first-order valence-electron chi connectivity index (χ1n) is 3.80. The van der Waals surface area contributed by atoms with E-state index in [-0.39, 0.29) is 8.80 Å². The molecular formula is C8H22SiSn. The number of rotatable bonds is 0. The van der Waals surface area contributed by atoms with Crippen molar-refractivity contribution in [2.24, 2.45) is 0 Å². The third-order valence-electron chi connectivity index (χ3n) is 0. The molecule has 0 aliphatic carbocycles. The summed E-state index contributed by atoms with van der Waals surface area (Å²) in [7, 11) is -0.139. The molecule has 0 N–H and O–H groups in total. The van der Waals surface area contributed by atoms with E-state index in [2.05, 4.69) is 47.3 Å². The van der Waals surface area contributed by atoms with Gasteiger partial charge in [0.2, 0.25) is 0 Å². The van der Waals surface area contributed by atoms with Gasteiger partial charge in [0.05, 0.1) is 0 Å². The SMILES string of the molecule is C#C.C[SiH](C)C.[CH3][SnH]([CH3])[CH3]. The van der Waals surface area contributed by atoms with Gasteiger partial charge in [-0.15, -0.1) is 12.8 Å². The molecule has 0 nitrogen and oxygen atoms in total. The average molecular weight is 265 g/mol. The van der Waals surface area contributed by atoms with Crippen LogP contribution in [0.25, 0.3) is 0 Å². The molecule has 0 aromatic heterocycles. The third kappa shape index (κ3) is 1490. The molecule has 0 saturated heterocycles. The van der Waals surface area contributed by atoms with Gasteiger partial charge in [-0.25, -0.2) is 0 Å². The Hall–Kier alpha value is 0.576. The molecule has 0 atom stereocenters. The summed E-state index contributed by atoms with van der Waals surface area (Å²) in [5, 5.41) is 0. The van der Waals surface area contributed by atoms with Crippen molar-refractivity contribution < 1.29 is 0 Å². The summed E-state index contributed by atoms with van der Waals surface area (Å²) in [6.07, 6.45) is 8.00. The fourth-order valence-corrected chi connectivity index (χ4v) is 0. The van der Waals surface area contributed by atoms with Crippen molar-refractivity contribution in [2.45, 2.75) is 34.5 Å². The van der Waals surface area contributed by atoms with Crippen LogP contribution >= 0.6 is 0 Å². The van der Waals surface area contributed by atoms with E-state index >= 15 is 0 Å². The first-order chi connectivity index (χ1) is 4.46. The Morgan fingerprint density at radius 1 is 0.900 bits per heavy atom. The van der Waals surface area contributed by atoms with E-state index in [9.17, 15) is 0 Å². The summed E-state index contributed by atoms with van der Waals surface area (Å²) >= 11 is -0.637. The van der Waals surface area contributed by atoms with E-state index in [1.54, 1.807) is 0 Å². The Labute approximate surface area is 75.8 Å². The zero-order valence-electron chi connectivity index (χ0n) is 8.31. The summed E-state index contributed by atoms with van der Waals surface area (Å²) in [6.45, 7) is 6.92. The summed E-state index contributed by atoms with van der Waals surface area (Å²) in [6, 6.07) is 0. The molecule has 0 radical (unpaired) electrons. The van der Waals surface area contributed by atoms with E-state index in [1.165, 1.54) is 0 Å². The molecular weight excluding hydrogens is 243 g/mol. The average Bonchev–Trinajstić information content (AvgIpc) is 1.66. The Morgan fingerprint density at radius 3 is 0.900 bits per heavy atom. The second-order valence-corrected chi connectivity index (χ2v) is 16.8. The van der Waals surface area contributed by atoms with Gasteiger partial charge in [-0.05, 0) is 0 Å². The van der Waals surface area contributed by atoms with Gasteiger partial charge in [-0.3, -0.25) is 0 Å². The molecule has 0 rings (SSSR count). The van der Waals surface area contributed by atoms with E-state index in [0.717, 1.165) is 0 Å². The van der Waals surface area contributed by atoms with E-state index in [1.807, 2.05) is 0 Å². The maximum atomic E-state index is 4.00. The van der Waals surface area contributed by atoms with Gasteiger partial charge in [0, 0.05) is 8.80 Å². The quantitative estimate of drug-likeness (QED) is 0.466. The summed E-state index contributed by atoms with van der Waals surface area (Å²) in [5.41, 5.74) is 0. The van der Waals surface area contributed by atoms with Gasteiger partial charge in [0.25, 0.3) is 0 Å². The Morgan fingerprint density at radius 2 is 0.900 bits per heavy atom. The molecule has 0 heterocycles. The normalized spacial score (nSPS) is 7.40. The summed E-state index contributed by atoms with van der Waals surface area (Å²) in [5.74, 6) is 0. The second-order valence-electron chi connectivity index (χ2n) is 3.46. The van der Waals surface area contributed by atoms with Crippen LogP contribution in [0.4, 0.5) is 0 Å². The molecule has 62 valence electrons. The predicted octanol–water partition coefficient (Wildman–Crippen LogP) is 2.46. The second kappa shape index (κ2) is 16.3. The molecule has 0 amide bonds. The van der Waals surface area contributed by atoms with Crippen molar-refractivity contribution in [3.8, 4) is 12.8 Å². The molecule has 0 fully saturated rings. The Kier molecular flexibility index (Phi) is 27.5. The van der Waals surface area contributed by atoms with Crippen LogP contribution in [-0.4, -0.2) is 28.6 Å². The van der Waals surface area contributed by atoms with Crippen molar-refractivity contribution in [1.82, 2.24) is 0 Å². The van der Waals surface area contributed by atoms with Gasteiger partial charge < -0.3 is 0 Å². The first-order valence-corrected chi connectivity index (χ1v) is 17.1. The minimum atomic E-state index is -0.637. The first kappa shape index (κ1) is 16.9. The molecule has 0 saturated carbocycles. The van der Waals surface area contributed by atoms with Gasteiger partial charge in [-0.2, -0.15) is 0 Å². The monoisotopic (exact) mass is 266 g/mol. The topological polar surface area (TPSA) is 0 Å². The standard InChI is InChI=1S/C3H10Si.C2H2.3CH3.Sn.H/c1-4(2)3;1-2;;;;;/h4H,1-3H3;1-2H;3*1H3;;. The van der Waals surface area contributed by atoms with Gasteiger partial charge in [0.15, 0.2) is 0 Å². The zero-order valence-corrected chi connectivity index (χ0v) is 12.8. The van der Waals surface area contributed by atoms with Crippen LogP contribution < -0.4 is 0 Å². The minimum absolute atomic E-state index is 0.139. The number of hydrogen-bond donors (Lipinski definition) is 0. The van der Waals surface area contributed by atoms with Gasteiger partial charge in [0.1, 0.15) is 0 Å². The molecule has 0 aliphatic rings. The van der Waals surface area contributed by atoms with Gasteiger partial charge in [-0.1, -0.05) is 19.6 Å². The number of hydrogen-bond acceptors (Lipinski definition) is 0. The Bertz CT molecular complexity index is 46.0. The molecule has 2 heteroatoms. The molecule has 0 unspecified atom stereocenters. The van der Waals surface area contributed by atoms with Crippen LogP contribution in [0, 0.1) is 12.8 Å². The van der Waals surface area contributed by atoms with Crippen molar-refractivity contribution in [3.05, 3.63) is 0 Å². The van der Waals surface area contributed by atoms with Crippen molar-refractivity contribution in [1.29, 1.82) is 0 Å². The van der Waals surface area contributed by atoms with Crippen molar-refractivity contribution >= 4 is 28.6 Å². The van der Waals surface area contributed by atoms with Crippen LogP contribution in [0.2, 0.25) is 34.5 Å². The van der Waals surface area contributed by atoms with E-state index < -0.39 is 19.8 Å². The zero-order chi connectivity index (χ0) is 9.15. The third-order valence-corrected chi connectivity index (χ3v) is 0. The fourth-order valence-electron chi connectivity index (χ4n) is 0. The molecule has 0 aliphatic heterocycles. The van der Waals surface area contributed by atoms with Crippen LogP contribution in [-0.2, 0) is 0 Å². The fraction of sp³-hybridized carbons (Fsp3) is 0.750. The van der Waals surface area contributed by atoms with Crippen molar-refractivity contribution in [2.75, 3.05) is 0 Å².